The van der Waals surface area contributed by atoms with Gasteiger partial charge >= 0.3 is 0 Å². The molecule has 1 nitrogen and oxygen atoms in total. The third-order valence-corrected chi connectivity index (χ3v) is 4.31. The molecule has 0 heterocycles. The molecule has 1 aromatic carbocycles. The molecule has 0 bridgehead atoms. The molecule has 1 saturated carbocycles. The van der Waals surface area contributed by atoms with E-state index in [1.807, 2.05) is 0 Å². The summed E-state index contributed by atoms with van der Waals surface area (Å²) in [7, 11) is 0. The van der Waals surface area contributed by atoms with Gasteiger partial charge in [-0.15, -0.1) is 0 Å². The van der Waals surface area contributed by atoms with Crippen LogP contribution in [-0.2, 0) is 5.41 Å². The van der Waals surface area contributed by atoms with Crippen molar-refractivity contribution in [3.05, 3.63) is 35.4 Å². The summed E-state index contributed by atoms with van der Waals surface area (Å²) >= 11 is 0. The van der Waals surface area contributed by atoms with E-state index in [-0.39, 0.29) is 5.41 Å². The van der Waals surface area contributed by atoms with Crippen LogP contribution in [0.4, 0.5) is 0 Å². The molecule has 1 aromatic rings. The maximum absolute atomic E-state index is 6.48. The molecule has 0 radical (unpaired) electrons. The number of hydrogen-bond donors (Lipinski definition) is 1. The summed E-state index contributed by atoms with van der Waals surface area (Å²) in [6, 6.07) is 9.33. The fourth-order valence-corrected chi connectivity index (χ4v) is 3.05. The van der Waals surface area contributed by atoms with Crippen molar-refractivity contribution in [3.8, 4) is 0 Å². The molecule has 0 saturated heterocycles. The summed E-state index contributed by atoms with van der Waals surface area (Å²) in [5.41, 5.74) is 9.56. The predicted octanol–water partition coefficient (Wildman–Crippen LogP) is 3.79. The predicted molar refractivity (Wildman–Crippen MR) is 74.1 cm³/mol. The van der Waals surface area contributed by atoms with E-state index in [4.69, 9.17) is 5.73 Å². The fourth-order valence-electron chi connectivity index (χ4n) is 3.05. The Morgan fingerprint density at radius 2 is 1.76 bits per heavy atom. The number of benzene rings is 1. The second-order valence-corrected chi connectivity index (χ2v) is 6.11. The van der Waals surface area contributed by atoms with Crippen LogP contribution in [0.2, 0.25) is 0 Å². The highest BCUT2D eigenvalue weighted by Crippen LogP contribution is 2.47. The summed E-state index contributed by atoms with van der Waals surface area (Å²) < 4.78 is 0. The fraction of sp³-hybridized carbons (Fsp3) is 0.625. The summed E-state index contributed by atoms with van der Waals surface area (Å²) in [5.74, 6) is 0.688. The van der Waals surface area contributed by atoms with Crippen molar-refractivity contribution in [3.63, 3.8) is 0 Å². The van der Waals surface area contributed by atoms with Crippen molar-refractivity contribution in [1.82, 2.24) is 0 Å². The molecule has 1 aliphatic carbocycles. The van der Waals surface area contributed by atoms with Gasteiger partial charge in [0.1, 0.15) is 0 Å². The first kappa shape index (κ1) is 12.6. The minimum Gasteiger partial charge on any atom is -0.327 e. The maximum atomic E-state index is 6.48. The Morgan fingerprint density at radius 3 is 2.18 bits per heavy atom. The van der Waals surface area contributed by atoms with Gasteiger partial charge < -0.3 is 5.73 Å². The van der Waals surface area contributed by atoms with Gasteiger partial charge in [0.15, 0.2) is 0 Å². The van der Waals surface area contributed by atoms with Crippen molar-refractivity contribution in [2.45, 2.75) is 57.9 Å². The molecule has 0 aliphatic heterocycles. The van der Waals surface area contributed by atoms with Gasteiger partial charge in [0.2, 0.25) is 0 Å². The summed E-state index contributed by atoms with van der Waals surface area (Å²) in [6.45, 7) is 6.67. The van der Waals surface area contributed by atoms with Gasteiger partial charge in [-0.3, -0.25) is 0 Å². The lowest BCUT2D eigenvalue weighted by molar-refractivity contribution is 0.178. The topological polar surface area (TPSA) is 26.0 Å². The van der Waals surface area contributed by atoms with Crippen LogP contribution in [0.25, 0.3) is 0 Å². The van der Waals surface area contributed by atoms with Gasteiger partial charge in [-0.05, 0) is 37.7 Å². The molecular weight excluding hydrogens is 206 g/mol. The summed E-state index contributed by atoms with van der Waals surface area (Å²) in [6.07, 6.45) is 5.00. The summed E-state index contributed by atoms with van der Waals surface area (Å²) in [4.78, 5) is 0. The van der Waals surface area contributed by atoms with E-state index in [0.29, 0.717) is 12.0 Å². The van der Waals surface area contributed by atoms with E-state index >= 15 is 0 Å². The lowest BCUT2D eigenvalue weighted by Gasteiger charge is -2.47. The van der Waals surface area contributed by atoms with Crippen LogP contribution in [0.3, 0.4) is 0 Å². The van der Waals surface area contributed by atoms with E-state index in [2.05, 4.69) is 45.0 Å². The third-order valence-electron chi connectivity index (χ3n) is 4.31. The minimum atomic E-state index is 0.276. The van der Waals surface area contributed by atoms with Crippen LogP contribution in [0.5, 0.6) is 0 Å². The molecule has 17 heavy (non-hydrogen) atoms. The molecular formula is C16H25N. The molecule has 94 valence electrons. The van der Waals surface area contributed by atoms with E-state index in [9.17, 15) is 0 Å². The zero-order chi connectivity index (χ0) is 12.5. The number of hydrogen-bond acceptors (Lipinski definition) is 1. The van der Waals surface area contributed by atoms with Gasteiger partial charge in [-0.25, -0.2) is 0 Å². The molecule has 0 spiro atoms. The number of aryl methyl sites for hydroxylation is 1. The highest BCUT2D eigenvalue weighted by molar-refractivity contribution is 5.32. The zero-order valence-corrected chi connectivity index (χ0v) is 11.4. The molecule has 0 amide bonds. The molecule has 1 aliphatic rings. The van der Waals surface area contributed by atoms with Gasteiger partial charge in [0.05, 0.1) is 0 Å². The largest absolute Gasteiger partial charge is 0.327 e. The molecule has 0 aromatic heterocycles. The monoisotopic (exact) mass is 231 g/mol. The normalized spacial score (nSPS) is 20.1. The maximum Gasteiger partial charge on any atom is 0.0139 e. The molecule has 2 rings (SSSR count). The SMILES string of the molecule is Cc1ccc(C2(C(N)CC(C)C)CCC2)cc1. The van der Waals surface area contributed by atoms with Crippen molar-refractivity contribution in [2.75, 3.05) is 0 Å². The first-order valence-corrected chi connectivity index (χ1v) is 6.87. The molecule has 1 heteroatoms. The Morgan fingerprint density at radius 1 is 1.18 bits per heavy atom. The molecule has 2 N–H and O–H groups in total. The lowest BCUT2D eigenvalue weighted by Crippen LogP contribution is -2.50. The van der Waals surface area contributed by atoms with Crippen LogP contribution in [0.1, 0.15) is 50.7 Å². The number of nitrogens with two attached hydrogens (primary N) is 1. The lowest BCUT2D eigenvalue weighted by atomic mass is 9.59. The standard InChI is InChI=1S/C16H25N/c1-12(2)11-15(17)16(9-4-10-16)14-7-5-13(3)6-8-14/h5-8,12,15H,4,9-11,17H2,1-3H3. The van der Waals surface area contributed by atoms with Crippen LogP contribution in [0, 0.1) is 12.8 Å². The van der Waals surface area contributed by atoms with Crippen LogP contribution in [-0.4, -0.2) is 6.04 Å². The average molecular weight is 231 g/mol. The Bertz CT molecular complexity index is 360. The van der Waals surface area contributed by atoms with Crippen molar-refractivity contribution in [1.29, 1.82) is 0 Å². The molecule has 1 unspecified atom stereocenters. The van der Waals surface area contributed by atoms with Gasteiger partial charge in [0.25, 0.3) is 0 Å². The van der Waals surface area contributed by atoms with Gasteiger partial charge in [-0.2, -0.15) is 0 Å². The first-order chi connectivity index (χ1) is 8.04. The minimum absolute atomic E-state index is 0.276. The second kappa shape index (κ2) is 4.81. The van der Waals surface area contributed by atoms with Crippen LogP contribution >= 0.6 is 0 Å². The van der Waals surface area contributed by atoms with Crippen molar-refractivity contribution < 1.29 is 0 Å². The van der Waals surface area contributed by atoms with E-state index in [1.165, 1.54) is 30.4 Å². The highest BCUT2D eigenvalue weighted by Gasteiger charge is 2.43. The Kier molecular flexibility index (Phi) is 3.58. The Balaban J connectivity index is 2.22. The van der Waals surface area contributed by atoms with Crippen LogP contribution in [0.15, 0.2) is 24.3 Å². The Labute approximate surface area is 105 Å². The average Bonchev–Trinajstić information content (AvgIpc) is 2.18. The second-order valence-electron chi connectivity index (χ2n) is 6.11. The smallest absolute Gasteiger partial charge is 0.0139 e. The molecule has 1 fully saturated rings. The van der Waals surface area contributed by atoms with Gasteiger partial charge in [0, 0.05) is 11.5 Å². The van der Waals surface area contributed by atoms with E-state index in [1.54, 1.807) is 0 Å². The van der Waals surface area contributed by atoms with E-state index < -0.39 is 0 Å². The van der Waals surface area contributed by atoms with Crippen molar-refractivity contribution in [2.24, 2.45) is 11.7 Å². The third kappa shape index (κ3) is 2.40. The van der Waals surface area contributed by atoms with Gasteiger partial charge in [-0.1, -0.05) is 50.1 Å². The van der Waals surface area contributed by atoms with Crippen LogP contribution < -0.4 is 5.73 Å². The van der Waals surface area contributed by atoms with Crippen molar-refractivity contribution >= 4 is 0 Å². The van der Waals surface area contributed by atoms with E-state index in [0.717, 1.165) is 6.42 Å². The number of rotatable bonds is 4. The zero-order valence-electron chi connectivity index (χ0n) is 11.4. The summed E-state index contributed by atoms with van der Waals surface area (Å²) in [5, 5.41) is 0. The first-order valence-electron chi connectivity index (χ1n) is 6.87. The quantitative estimate of drug-likeness (QED) is 0.838. The highest BCUT2D eigenvalue weighted by atomic mass is 14.7. The molecule has 1 atom stereocenters. The Hall–Kier alpha value is -0.820.